The van der Waals surface area contributed by atoms with Crippen LogP contribution in [0, 0.1) is 5.92 Å². The van der Waals surface area contributed by atoms with Crippen LogP contribution < -0.4 is 19.9 Å². The molecular weight excluding hydrogens is 348 g/mol. The van der Waals surface area contributed by atoms with E-state index in [1.54, 1.807) is 18.2 Å². The maximum absolute atomic E-state index is 12.3. The highest BCUT2D eigenvalue weighted by Gasteiger charge is 2.29. The minimum atomic E-state index is -3.34. The molecule has 0 aliphatic carbocycles. The van der Waals surface area contributed by atoms with Crippen LogP contribution in [0.1, 0.15) is 19.3 Å². The minimum Gasteiger partial charge on any atom is -0.493 e. The number of primary amides is 1. The number of ether oxygens (including phenoxy) is 3. The van der Waals surface area contributed by atoms with Crippen molar-refractivity contribution in [1.82, 2.24) is 4.31 Å². The molecule has 1 aromatic carbocycles. The molecule has 2 heterocycles. The Bertz CT molecular complexity index is 728. The molecule has 2 aliphatic heterocycles. The molecule has 0 spiro atoms. The Balaban J connectivity index is 1.43. The summed E-state index contributed by atoms with van der Waals surface area (Å²) in [6.07, 6.45) is 1.36. The summed E-state index contributed by atoms with van der Waals surface area (Å²) in [4.78, 5) is 11.1. The first-order valence-electron chi connectivity index (χ1n) is 8.25. The molecule has 3 rings (SSSR count). The molecule has 2 N–H and O–H groups in total. The third-order valence-electron chi connectivity index (χ3n) is 4.41. The number of carbonyl (C=O) groups is 1. The first-order chi connectivity index (χ1) is 12.0. The average Bonchev–Trinajstić information content (AvgIpc) is 3.06. The van der Waals surface area contributed by atoms with Gasteiger partial charge in [0.1, 0.15) is 5.75 Å². The SMILES string of the molecule is NC(=O)C1CCN(S(=O)(=O)CCCOc2ccc3c(c2)OCO3)CC1. The van der Waals surface area contributed by atoms with Gasteiger partial charge in [0.15, 0.2) is 11.5 Å². The van der Waals surface area contributed by atoms with E-state index in [2.05, 4.69) is 0 Å². The van der Waals surface area contributed by atoms with Crippen molar-refractivity contribution in [3.8, 4) is 17.2 Å². The quantitative estimate of drug-likeness (QED) is 0.708. The van der Waals surface area contributed by atoms with Gasteiger partial charge in [0.25, 0.3) is 0 Å². The lowest BCUT2D eigenvalue weighted by Gasteiger charge is -2.29. The van der Waals surface area contributed by atoms with Crippen LogP contribution in [-0.4, -0.2) is 50.9 Å². The van der Waals surface area contributed by atoms with Crippen LogP contribution in [-0.2, 0) is 14.8 Å². The van der Waals surface area contributed by atoms with Crippen LogP contribution in [0.5, 0.6) is 17.2 Å². The fourth-order valence-corrected chi connectivity index (χ4v) is 4.45. The van der Waals surface area contributed by atoms with E-state index >= 15 is 0 Å². The molecule has 138 valence electrons. The van der Waals surface area contributed by atoms with Gasteiger partial charge in [0.2, 0.25) is 22.7 Å². The largest absolute Gasteiger partial charge is 0.493 e. The van der Waals surface area contributed by atoms with E-state index in [-0.39, 0.29) is 31.0 Å². The van der Waals surface area contributed by atoms with E-state index in [0.29, 0.717) is 49.6 Å². The van der Waals surface area contributed by atoms with E-state index in [1.165, 1.54) is 4.31 Å². The molecule has 25 heavy (non-hydrogen) atoms. The summed E-state index contributed by atoms with van der Waals surface area (Å²) in [7, 11) is -3.34. The number of hydrogen-bond acceptors (Lipinski definition) is 6. The Hall–Kier alpha value is -2.00. The number of nitrogens with two attached hydrogens (primary N) is 1. The Morgan fingerprint density at radius 2 is 1.96 bits per heavy atom. The van der Waals surface area contributed by atoms with E-state index in [9.17, 15) is 13.2 Å². The van der Waals surface area contributed by atoms with E-state index in [4.69, 9.17) is 19.9 Å². The van der Waals surface area contributed by atoms with E-state index < -0.39 is 10.0 Å². The summed E-state index contributed by atoms with van der Waals surface area (Å²) in [6.45, 7) is 1.18. The monoisotopic (exact) mass is 370 g/mol. The van der Waals surface area contributed by atoms with Crippen LogP contribution in [0.3, 0.4) is 0 Å². The Kier molecular flexibility index (Phi) is 5.33. The van der Waals surface area contributed by atoms with Crippen molar-refractivity contribution >= 4 is 15.9 Å². The van der Waals surface area contributed by atoms with Gasteiger partial charge in [-0.2, -0.15) is 0 Å². The summed E-state index contributed by atoms with van der Waals surface area (Å²) in [5.41, 5.74) is 5.27. The smallest absolute Gasteiger partial charge is 0.231 e. The lowest BCUT2D eigenvalue weighted by Crippen LogP contribution is -2.42. The lowest BCUT2D eigenvalue weighted by atomic mass is 9.98. The van der Waals surface area contributed by atoms with Gasteiger partial charge in [-0.05, 0) is 31.4 Å². The van der Waals surface area contributed by atoms with Crippen LogP contribution in [0.25, 0.3) is 0 Å². The molecule has 1 amide bonds. The topological polar surface area (TPSA) is 108 Å². The van der Waals surface area contributed by atoms with Crippen LogP contribution in [0.4, 0.5) is 0 Å². The molecule has 9 heteroatoms. The number of piperidine rings is 1. The van der Waals surface area contributed by atoms with Crippen molar-refractivity contribution in [2.45, 2.75) is 19.3 Å². The predicted octanol–water partition coefficient (Wildman–Crippen LogP) is 0.711. The standard InChI is InChI=1S/C16H22N2O6S/c17-16(19)12-4-6-18(7-5-12)25(20,21)9-1-8-22-13-2-3-14-15(10-13)24-11-23-14/h2-3,10,12H,1,4-9,11H2,(H2,17,19). The summed E-state index contributed by atoms with van der Waals surface area (Å²) >= 11 is 0. The summed E-state index contributed by atoms with van der Waals surface area (Å²) in [5.74, 6) is 1.36. The zero-order valence-electron chi connectivity index (χ0n) is 13.8. The second-order valence-corrected chi connectivity index (χ2v) is 8.20. The fourth-order valence-electron chi connectivity index (χ4n) is 2.95. The Labute approximate surface area is 146 Å². The zero-order valence-corrected chi connectivity index (χ0v) is 14.7. The molecule has 1 saturated heterocycles. The van der Waals surface area contributed by atoms with Gasteiger partial charge >= 0.3 is 0 Å². The lowest BCUT2D eigenvalue weighted by molar-refractivity contribution is -0.122. The van der Waals surface area contributed by atoms with Gasteiger partial charge in [-0.3, -0.25) is 4.79 Å². The number of rotatable bonds is 7. The number of sulfonamides is 1. The first-order valence-corrected chi connectivity index (χ1v) is 9.86. The van der Waals surface area contributed by atoms with Crippen molar-refractivity contribution in [3.05, 3.63) is 18.2 Å². The average molecular weight is 370 g/mol. The third-order valence-corrected chi connectivity index (χ3v) is 6.37. The predicted molar refractivity (Wildman–Crippen MR) is 90.0 cm³/mol. The normalized spacial score (nSPS) is 18.2. The second-order valence-electron chi connectivity index (χ2n) is 6.11. The van der Waals surface area contributed by atoms with Crippen molar-refractivity contribution in [2.75, 3.05) is 32.2 Å². The van der Waals surface area contributed by atoms with Gasteiger partial charge in [-0.15, -0.1) is 0 Å². The number of nitrogens with zero attached hydrogens (tertiary/aromatic N) is 1. The van der Waals surface area contributed by atoms with E-state index in [1.807, 2.05) is 0 Å². The van der Waals surface area contributed by atoms with Crippen molar-refractivity contribution < 1.29 is 27.4 Å². The van der Waals surface area contributed by atoms with Gasteiger partial charge in [-0.25, -0.2) is 12.7 Å². The number of amides is 1. The van der Waals surface area contributed by atoms with Gasteiger partial charge in [-0.1, -0.05) is 0 Å². The van der Waals surface area contributed by atoms with Crippen LogP contribution in [0.2, 0.25) is 0 Å². The van der Waals surface area contributed by atoms with Crippen molar-refractivity contribution in [1.29, 1.82) is 0 Å². The fraction of sp³-hybridized carbons (Fsp3) is 0.562. The molecule has 0 aromatic heterocycles. The summed E-state index contributed by atoms with van der Waals surface area (Å²) in [6, 6.07) is 5.25. The zero-order chi connectivity index (χ0) is 17.9. The molecule has 0 bridgehead atoms. The molecule has 0 atom stereocenters. The van der Waals surface area contributed by atoms with Gasteiger partial charge in [0, 0.05) is 25.1 Å². The summed E-state index contributed by atoms with van der Waals surface area (Å²) in [5, 5.41) is 0. The molecule has 8 nitrogen and oxygen atoms in total. The summed E-state index contributed by atoms with van der Waals surface area (Å²) < 4.78 is 42.2. The van der Waals surface area contributed by atoms with Crippen molar-refractivity contribution in [3.63, 3.8) is 0 Å². The molecule has 2 aliphatic rings. The highest BCUT2D eigenvalue weighted by atomic mass is 32.2. The Morgan fingerprint density at radius 3 is 2.68 bits per heavy atom. The minimum absolute atomic E-state index is 0.0127. The number of fused-ring (bicyclic) bond motifs is 1. The maximum atomic E-state index is 12.3. The molecule has 1 fully saturated rings. The highest BCUT2D eigenvalue weighted by Crippen LogP contribution is 2.35. The van der Waals surface area contributed by atoms with Crippen LogP contribution >= 0.6 is 0 Å². The van der Waals surface area contributed by atoms with E-state index in [0.717, 1.165) is 0 Å². The van der Waals surface area contributed by atoms with Crippen molar-refractivity contribution in [2.24, 2.45) is 11.7 Å². The second kappa shape index (κ2) is 7.49. The van der Waals surface area contributed by atoms with Gasteiger partial charge in [0.05, 0.1) is 12.4 Å². The molecule has 1 aromatic rings. The van der Waals surface area contributed by atoms with Crippen LogP contribution in [0.15, 0.2) is 18.2 Å². The molecule has 0 radical (unpaired) electrons. The molecular formula is C16H22N2O6S. The number of benzene rings is 1. The highest BCUT2D eigenvalue weighted by molar-refractivity contribution is 7.89. The molecule has 0 saturated carbocycles. The Morgan fingerprint density at radius 1 is 1.24 bits per heavy atom. The first kappa shape index (κ1) is 17.8. The third kappa shape index (κ3) is 4.35. The number of carbonyl (C=O) groups excluding carboxylic acids is 1. The maximum Gasteiger partial charge on any atom is 0.231 e. The van der Waals surface area contributed by atoms with Gasteiger partial charge < -0.3 is 19.9 Å². The number of hydrogen-bond donors (Lipinski definition) is 1. The molecule has 0 unspecified atom stereocenters.